The van der Waals surface area contributed by atoms with Gasteiger partial charge in [-0.3, -0.25) is 4.99 Å². The number of benzene rings is 1. The summed E-state index contributed by atoms with van der Waals surface area (Å²) in [6.07, 6.45) is 4.64. The molecule has 5 nitrogen and oxygen atoms in total. The van der Waals surface area contributed by atoms with Gasteiger partial charge in [0.05, 0.1) is 11.4 Å². The molecule has 136 valence electrons. The van der Waals surface area contributed by atoms with Gasteiger partial charge in [-0.1, -0.05) is 18.7 Å². The van der Waals surface area contributed by atoms with Crippen molar-refractivity contribution >= 4 is 18.1 Å². The van der Waals surface area contributed by atoms with Gasteiger partial charge in [-0.2, -0.15) is 0 Å². The van der Waals surface area contributed by atoms with Gasteiger partial charge in [-0.05, 0) is 70.7 Å². The molecule has 0 unspecified atom stereocenters. The quantitative estimate of drug-likeness (QED) is 0.471. The topological polar surface area (TPSA) is 45.8 Å². The number of aromatic nitrogens is 2. The summed E-state index contributed by atoms with van der Waals surface area (Å²) >= 11 is 0. The van der Waals surface area contributed by atoms with E-state index >= 15 is 0 Å². The molecule has 0 spiro atoms. The zero-order valence-electron chi connectivity index (χ0n) is 16.0. The first-order chi connectivity index (χ1) is 12.5. The van der Waals surface area contributed by atoms with Gasteiger partial charge in [0.15, 0.2) is 5.84 Å². The number of amidine groups is 1. The van der Waals surface area contributed by atoms with E-state index in [0.29, 0.717) is 5.84 Å². The molecule has 2 heterocycles. The third kappa shape index (κ3) is 3.53. The zero-order valence-corrected chi connectivity index (χ0v) is 16.0. The number of hydrogen-bond donors (Lipinski definition) is 0. The maximum atomic E-state index is 4.65. The molecular formula is C21H27N5. The highest BCUT2D eigenvalue weighted by atomic mass is 15.1. The van der Waals surface area contributed by atoms with Crippen LogP contribution in [0.15, 0.2) is 41.1 Å². The smallest absolute Gasteiger partial charge is 0.174 e. The van der Waals surface area contributed by atoms with Crippen molar-refractivity contribution in [1.29, 1.82) is 0 Å². The molecule has 0 bridgehead atoms. The van der Waals surface area contributed by atoms with Crippen LogP contribution in [0.1, 0.15) is 35.4 Å². The summed E-state index contributed by atoms with van der Waals surface area (Å²) < 4.78 is 2.16. The Hall–Kier alpha value is -2.53. The molecule has 0 radical (unpaired) electrons. The molecule has 0 saturated carbocycles. The minimum atomic E-state index is 0.638. The van der Waals surface area contributed by atoms with E-state index in [1.165, 1.54) is 16.7 Å². The van der Waals surface area contributed by atoms with Crippen LogP contribution in [0.5, 0.6) is 0 Å². The Balaban J connectivity index is 1.98. The van der Waals surface area contributed by atoms with E-state index < -0.39 is 0 Å². The molecule has 0 aliphatic carbocycles. The van der Waals surface area contributed by atoms with Crippen LogP contribution >= 0.6 is 0 Å². The molecule has 0 atom stereocenters. The van der Waals surface area contributed by atoms with Crippen LogP contribution in [0.2, 0.25) is 0 Å². The SMILES string of the molecule is C=N/C(=N\CCCN(C)C)c1ncn2c1CCC(=C)c1c(C)cccc1-2. The molecule has 3 rings (SSSR count). The van der Waals surface area contributed by atoms with Crippen molar-refractivity contribution in [3.63, 3.8) is 0 Å². The van der Waals surface area contributed by atoms with Gasteiger partial charge >= 0.3 is 0 Å². The third-order valence-electron chi connectivity index (χ3n) is 4.78. The van der Waals surface area contributed by atoms with Crippen LogP contribution in [0.4, 0.5) is 0 Å². The Morgan fingerprint density at radius 3 is 2.85 bits per heavy atom. The largest absolute Gasteiger partial charge is 0.309 e. The minimum absolute atomic E-state index is 0.638. The monoisotopic (exact) mass is 349 g/mol. The number of fused-ring (bicyclic) bond motifs is 3. The lowest BCUT2D eigenvalue weighted by molar-refractivity contribution is 0.403. The van der Waals surface area contributed by atoms with E-state index in [1.807, 2.05) is 6.33 Å². The van der Waals surface area contributed by atoms with Gasteiger partial charge in [0, 0.05) is 12.1 Å². The highest BCUT2D eigenvalue weighted by Crippen LogP contribution is 2.33. The summed E-state index contributed by atoms with van der Waals surface area (Å²) in [6, 6.07) is 6.34. The molecule has 0 N–H and O–H groups in total. The lowest BCUT2D eigenvalue weighted by atomic mass is 9.97. The molecule has 1 aliphatic heterocycles. The van der Waals surface area contributed by atoms with Crippen molar-refractivity contribution in [2.24, 2.45) is 9.98 Å². The van der Waals surface area contributed by atoms with E-state index in [4.69, 9.17) is 0 Å². The third-order valence-corrected chi connectivity index (χ3v) is 4.78. The van der Waals surface area contributed by atoms with Crippen molar-refractivity contribution in [3.05, 3.63) is 53.6 Å². The molecule has 0 amide bonds. The first-order valence-electron chi connectivity index (χ1n) is 9.03. The molecule has 1 aromatic carbocycles. The number of nitrogens with zero attached hydrogens (tertiary/aromatic N) is 5. The second-order valence-corrected chi connectivity index (χ2v) is 7.00. The average molecular weight is 349 g/mol. The molecule has 0 saturated heterocycles. The number of hydrogen-bond acceptors (Lipinski definition) is 3. The number of rotatable bonds is 5. The fraction of sp³-hybridized carbons (Fsp3) is 0.381. The first-order valence-corrected chi connectivity index (χ1v) is 9.03. The number of imidazole rings is 1. The molecule has 2 aromatic rings. The van der Waals surface area contributed by atoms with Gasteiger partial charge in [-0.25, -0.2) is 9.98 Å². The molecule has 5 heteroatoms. The number of aryl methyl sites for hydroxylation is 1. The fourth-order valence-electron chi connectivity index (χ4n) is 3.49. The van der Waals surface area contributed by atoms with Gasteiger partial charge in [0.25, 0.3) is 0 Å². The number of allylic oxidation sites excluding steroid dienone is 1. The van der Waals surface area contributed by atoms with E-state index in [0.717, 1.165) is 49.4 Å². The predicted molar refractivity (Wildman–Crippen MR) is 110 cm³/mol. The highest BCUT2D eigenvalue weighted by molar-refractivity contribution is 6.01. The standard InChI is InChI=1S/C21H27N5/c1-15-8-6-9-17-19(15)16(2)10-11-18-20(24-14-26(17)18)21(22-3)23-12-7-13-25(4)5/h6,8-9,14H,2-3,7,10-13H2,1,4-5H3/b23-21-. The Bertz CT molecular complexity index is 857. The maximum absolute atomic E-state index is 4.65. The highest BCUT2D eigenvalue weighted by Gasteiger charge is 2.23. The minimum Gasteiger partial charge on any atom is -0.309 e. The summed E-state index contributed by atoms with van der Waals surface area (Å²) in [5.41, 5.74) is 6.75. The summed E-state index contributed by atoms with van der Waals surface area (Å²) in [6.45, 7) is 11.9. The second kappa shape index (κ2) is 7.79. The molecule has 1 aliphatic rings. The summed E-state index contributed by atoms with van der Waals surface area (Å²) in [5, 5.41) is 0. The van der Waals surface area contributed by atoms with Crippen LogP contribution in [0.3, 0.4) is 0 Å². The van der Waals surface area contributed by atoms with E-state index in [1.54, 1.807) is 0 Å². The Morgan fingerprint density at radius 1 is 1.31 bits per heavy atom. The lowest BCUT2D eigenvalue weighted by Gasteiger charge is -2.12. The van der Waals surface area contributed by atoms with Crippen molar-refractivity contribution in [3.8, 4) is 5.69 Å². The van der Waals surface area contributed by atoms with Crippen molar-refractivity contribution in [2.75, 3.05) is 27.2 Å². The Labute approximate surface area is 155 Å². The summed E-state index contributed by atoms with van der Waals surface area (Å²) in [7, 11) is 4.13. The average Bonchev–Trinajstić information content (AvgIpc) is 2.96. The second-order valence-electron chi connectivity index (χ2n) is 7.00. The zero-order chi connectivity index (χ0) is 18.7. The van der Waals surface area contributed by atoms with Gasteiger partial charge in [-0.15, -0.1) is 0 Å². The number of aliphatic imine (C=N–C) groups is 2. The fourth-order valence-corrected chi connectivity index (χ4v) is 3.49. The van der Waals surface area contributed by atoms with E-state index in [-0.39, 0.29) is 0 Å². The van der Waals surface area contributed by atoms with E-state index in [9.17, 15) is 0 Å². The molecule has 1 aromatic heterocycles. The summed E-state index contributed by atoms with van der Waals surface area (Å²) in [4.78, 5) is 15.6. The van der Waals surface area contributed by atoms with Crippen LogP contribution in [-0.2, 0) is 6.42 Å². The van der Waals surface area contributed by atoms with Gasteiger partial charge in [0.2, 0.25) is 0 Å². The van der Waals surface area contributed by atoms with Crippen LogP contribution < -0.4 is 0 Å². The molecular weight excluding hydrogens is 322 g/mol. The van der Waals surface area contributed by atoms with Gasteiger partial charge in [0.1, 0.15) is 12.0 Å². The van der Waals surface area contributed by atoms with Crippen molar-refractivity contribution in [1.82, 2.24) is 14.5 Å². The van der Waals surface area contributed by atoms with Crippen molar-refractivity contribution in [2.45, 2.75) is 26.2 Å². The summed E-state index contributed by atoms with van der Waals surface area (Å²) in [5.74, 6) is 0.638. The predicted octanol–water partition coefficient (Wildman–Crippen LogP) is 3.54. The van der Waals surface area contributed by atoms with Crippen LogP contribution in [-0.4, -0.2) is 54.2 Å². The van der Waals surface area contributed by atoms with Crippen molar-refractivity contribution < 1.29 is 0 Å². The van der Waals surface area contributed by atoms with E-state index in [2.05, 4.69) is 77.0 Å². The normalized spacial score (nSPS) is 14.2. The maximum Gasteiger partial charge on any atom is 0.174 e. The van der Waals surface area contributed by atoms with Crippen LogP contribution in [0.25, 0.3) is 11.3 Å². The van der Waals surface area contributed by atoms with Gasteiger partial charge < -0.3 is 9.47 Å². The molecule has 0 fully saturated rings. The lowest BCUT2D eigenvalue weighted by Crippen LogP contribution is -2.14. The Kier molecular flexibility index (Phi) is 5.47. The van der Waals surface area contributed by atoms with Crippen LogP contribution in [0, 0.1) is 6.92 Å². The first kappa shape index (κ1) is 18.3. The Morgan fingerprint density at radius 2 is 2.12 bits per heavy atom. The molecule has 26 heavy (non-hydrogen) atoms.